The zero-order valence-electron chi connectivity index (χ0n) is 13.3. The number of hydrogen-bond donors (Lipinski definition) is 2. The summed E-state index contributed by atoms with van der Waals surface area (Å²) in [6, 6.07) is 8.69. The van der Waals surface area contributed by atoms with E-state index in [-0.39, 0.29) is 18.1 Å². The summed E-state index contributed by atoms with van der Waals surface area (Å²) in [6.45, 7) is 5.87. The molecule has 0 atom stereocenters. The number of halogens is 1. The summed E-state index contributed by atoms with van der Waals surface area (Å²) in [7, 11) is 0. The van der Waals surface area contributed by atoms with E-state index in [1.165, 1.54) is 0 Å². The number of hydrogen-bond acceptors (Lipinski definition) is 3. The van der Waals surface area contributed by atoms with Crippen molar-refractivity contribution in [2.45, 2.75) is 33.1 Å². The largest absolute Gasteiger partial charge is 0.508 e. The lowest BCUT2D eigenvalue weighted by atomic mass is 10.0. The zero-order chi connectivity index (χ0) is 17.1. The normalized spacial score (nSPS) is 10.8. The van der Waals surface area contributed by atoms with E-state index in [1.54, 1.807) is 24.3 Å². The number of carboxylic acids is 1. The van der Waals surface area contributed by atoms with Crippen molar-refractivity contribution in [2.24, 2.45) is 0 Å². The highest BCUT2D eigenvalue weighted by atomic mass is 79.9. The Kier molecular flexibility index (Phi) is 5.31. The summed E-state index contributed by atoms with van der Waals surface area (Å²) < 4.78 is 6.64. The summed E-state index contributed by atoms with van der Waals surface area (Å²) in [5.41, 5.74) is 2.37. The third kappa shape index (κ3) is 4.26. The number of carbonyl (C=O) groups is 1. The van der Waals surface area contributed by atoms with Crippen LogP contribution in [0.3, 0.4) is 0 Å². The molecule has 0 heterocycles. The van der Waals surface area contributed by atoms with Gasteiger partial charge in [0, 0.05) is 5.56 Å². The Balaban J connectivity index is 2.33. The van der Waals surface area contributed by atoms with Gasteiger partial charge in [-0.25, -0.2) is 0 Å². The highest BCUT2D eigenvalue weighted by Gasteiger charge is 2.13. The van der Waals surface area contributed by atoms with Crippen molar-refractivity contribution in [3.05, 3.63) is 51.5 Å². The molecule has 0 aliphatic carbocycles. The van der Waals surface area contributed by atoms with Gasteiger partial charge in [0.25, 0.3) is 0 Å². The quantitative estimate of drug-likeness (QED) is 0.767. The minimum Gasteiger partial charge on any atom is -0.508 e. The molecule has 0 saturated heterocycles. The Hall–Kier alpha value is -2.01. The van der Waals surface area contributed by atoms with E-state index in [0.717, 1.165) is 11.1 Å². The molecule has 0 unspecified atom stereocenters. The second kappa shape index (κ2) is 7.04. The fourth-order valence-corrected chi connectivity index (χ4v) is 3.07. The summed E-state index contributed by atoms with van der Waals surface area (Å²) in [5, 5.41) is 18.8. The molecule has 122 valence electrons. The van der Waals surface area contributed by atoms with E-state index in [9.17, 15) is 9.90 Å². The Bertz CT molecular complexity index is 715. The van der Waals surface area contributed by atoms with Crippen LogP contribution >= 0.6 is 15.9 Å². The number of benzene rings is 2. The van der Waals surface area contributed by atoms with Crippen molar-refractivity contribution >= 4 is 21.9 Å². The summed E-state index contributed by atoms with van der Waals surface area (Å²) in [6.07, 6.45) is -0.0313. The van der Waals surface area contributed by atoms with E-state index in [0.29, 0.717) is 21.5 Å². The second-order valence-corrected chi connectivity index (χ2v) is 6.63. The highest BCUT2D eigenvalue weighted by Crippen LogP contribution is 2.36. The van der Waals surface area contributed by atoms with E-state index in [4.69, 9.17) is 9.84 Å². The molecule has 0 amide bonds. The Labute approximate surface area is 143 Å². The molecule has 0 radical (unpaired) electrons. The number of rotatable bonds is 5. The summed E-state index contributed by atoms with van der Waals surface area (Å²) in [5.74, 6) is 0.826. The molecule has 0 aromatic heterocycles. The average Bonchev–Trinajstić information content (AvgIpc) is 2.43. The van der Waals surface area contributed by atoms with E-state index in [2.05, 4.69) is 15.9 Å². The molecular formula is C18H19BrO4. The Morgan fingerprint density at radius 1 is 1.26 bits per heavy atom. The monoisotopic (exact) mass is 378 g/mol. The predicted molar refractivity (Wildman–Crippen MR) is 92.5 cm³/mol. The number of aliphatic carboxylic acids is 1. The fourth-order valence-electron chi connectivity index (χ4n) is 2.38. The number of ether oxygens (including phenoxy) is 1. The number of aryl methyl sites for hydroxylation is 1. The minimum absolute atomic E-state index is 0.0313. The van der Waals surface area contributed by atoms with Gasteiger partial charge in [-0.05, 0) is 64.2 Å². The van der Waals surface area contributed by atoms with Crippen LogP contribution in [0.4, 0.5) is 0 Å². The average molecular weight is 379 g/mol. The van der Waals surface area contributed by atoms with Crippen LogP contribution in [0, 0.1) is 6.92 Å². The molecule has 0 aliphatic heterocycles. The maximum Gasteiger partial charge on any atom is 0.307 e. The first kappa shape index (κ1) is 17.3. The molecular weight excluding hydrogens is 360 g/mol. The molecule has 0 aliphatic rings. The Morgan fingerprint density at radius 3 is 2.52 bits per heavy atom. The summed E-state index contributed by atoms with van der Waals surface area (Å²) >= 11 is 3.44. The maximum absolute atomic E-state index is 10.8. The molecule has 0 saturated carbocycles. The van der Waals surface area contributed by atoms with Gasteiger partial charge >= 0.3 is 5.97 Å². The van der Waals surface area contributed by atoms with Gasteiger partial charge in [-0.15, -0.1) is 0 Å². The molecule has 0 bridgehead atoms. The lowest BCUT2D eigenvalue weighted by Gasteiger charge is -2.15. The second-order valence-electron chi connectivity index (χ2n) is 5.77. The number of carboxylic acid groups (broad SMARTS) is 1. The first-order valence-corrected chi connectivity index (χ1v) is 8.08. The van der Waals surface area contributed by atoms with Crippen molar-refractivity contribution in [2.75, 3.05) is 0 Å². The van der Waals surface area contributed by atoms with Crippen LogP contribution in [-0.2, 0) is 11.2 Å². The van der Waals surface area contributed by atoms with Crippen LogP contribution in [-0.4, -0.2) is 16.2 Å². The van der Waals surface area contributed by atoms with Crippen molar-refractivity contribution in [1.29, 1.82) is 0 Å². The molecule has 2 aromatic carbocycles. The van der Waals surface area contributed by atoms with Gasteiger partial charge in [0.1, 0.15) is 17.2 Å². The van der Waals surface area contributed by atoms with Gasteiger partial charge in [0.15, 0.2) is 0 Å². The molecule has 2 rings (SSSR count). The fraction of sp³-hybridized carbons (Fsp3) is 0.278. The topological polar surface area (TPSA) is 66.8 Å². The van der Waals surface area contributed by atoms with Crippen molar-refractivity contribution < 1.29 is 19.7 Å². The molecule has 2 aromatic rings. The standard InChI is InChI=1S/C18H19BrO4/c1-10(2)14-9-13(4-5-16(14)20)23-18-11(3)6-12(7-15(18)19)8-17(21)22/h4-7,9-10,20H,8H2,1-3H3,(H,21,22). The maximum atomic E-state index is 10.8. The number of phenolic OH excluding ortho intramolecular Hbond substituents is 1. The van der Waals surface area contributed by atoms with Crippen LogP contribution in [0.25, 0.3) is 0 Å². The summed E-state index contributed by atoms with van der Waals surface area (Å²) in [4.78, 5) is 10.8. The number of aromatic hydroxyl groups is 1. The molecule has 23 heavy (non-hydrogen) atoms. The van der Waals surface area contributed by atoms with Gasteiger partial charge in [0.2, 0.25) is 0 Å². The smallest absolute Gasteiger partial charge is 0.307 e. The molecule has 0 fully saturated rings. The van der Waals surface area contributed by atoms with Gasteiger partial charge in [-0.2, -0.15) is 0 Å². The van der Waals surface area contributed by atoms with Gasteiger partial charge in [-0.3, -0.25) is 4.79 Å². The van der Waals surface area contributed by atoms with Gasteiger partial charge in [-0.1, -0.05) is 19.9 Å². The van der Waals surface area contributed by atoms with Crippen LogP contribution < -0.4 is 4.74 Å². The molecule has 0 spiro atoms. The van der Waals surface area contributed by atoms with Gasteiger partial charge < -0.3 is 14.9 Å². The van der Waals surface area contributed by atoms with E-state index in [1.807, 2.05) is 26.8 Å². The first-order chi connectivity index (χ1) is 10.8. The lowest BCUT2D eigenvalue weighted by Crippen LogP contribution is -2.01. The third-order valence-electron chi connectivity index (χ3n) is 3.49. The van der Waals surface area contributed by atoms with E-state index < -0.39 is 5.97 Å². The van der Waals surface area contributed by atoms with E-state index >= 15 is 0 Å². The van der Waals surface area contributed by atoms with Gasteiger partial charge in [0.05, 0.1) is 10.9 Å². The predicted octanol–water partition coefficient (Wildman–Crippen LogP) is 5.01. The van der Waals surface area contributed by atoms with Crippen molar-refractivity contribution in [1.82, 2.24) is 0 Å². The Morgan fingerprint density at radius 2 is 1.96 bits per heavy atom. The third-order valence-corrected chi connectivity index (χ3v) is 4.07. The van der Waals surface area contributed by atoms with Crippen molar-refractivity contribution in [3.8, 4) is 17.2 Å². The molecule has 2 N–H and O–H groups in total. The molecule has 4 nitrogen and oxygen atoms in total. The van der Waals surface area contributed by atoms with Crippen LogP contribution in [0.2, 0.25) is 0 Å². The first-order valence-electron chi connectivity index (χ1n) is 7.29. The lowest BCUT2D eigenvalue weighted by molar-refractivity contribution is -0.136. The van der Waals surface area contributed by atoms with Crippen LogP contribution in [0.1, 0.15) is 36.5 Å². The SMILES string of the molecule is Cc1cc(CC(=O)O)cc(Br)c1Oc1ccc(O)c(C(C)C)c1. The highest BCUT2D eigenvalue weighted by molar-refractivity contribution is 9.10. The van der Waals surface area contributed by atoms with Crippen LogP contribution in [0.5, 0.6) is 17.2 Å². The number of phenols is 1. The minimum atomic E-state index is -0.870. The molecule has 5 heteroatoms. The zero-order valence-corrected chi connectivity index (χ0v) is 14.8. The van der Waals surface area contributed by atoms with Crippen LogP contribution in [0.15, 0.2) is 34.8 Å². The van der Waals surface area contributed by atoms with Crippen molar-refractivity contribution in [3.63, 3.8) is 0 Å².